The molecule has 2 aliphatic carbocycles. The van der Waals surface area contributed by atoms with Crippen LogP contribution < -0.4 is 15.5 Å². The largest absolute Gasteiger partial charge is 0.453 e. The van der Waals surface area contributed by atoms with Gasteiger partial charge < -0.3 is 49.3 Å². The molecule has 0 spiro atoms. The van der Waals surface area contributed by atoms with E-state index in [0.717, 1.165) is 109 Å². The van der Waals surface area contributed by atoms with Crippen molar-refractivity contribution in [2.45, 2.75) is 122 Å². The number of hydrogen-bond acceptors (Lipinski definition) is 10. The number of likely N-dealkylation sites (tertiary alicyclic amines) is 2. The molecule has 17 heteroatoms. The van der Waals surface area contributed by atoms with E-state index >= 15 is 0 Å². The molecule has 0 bridgehead atoms. The lowest BCUT2D eigenvalue weighted by molar-refractivity contribution is -0.136. The van der Waals surface area contributed by atoms with E-state index in [2.05, 4.69) is 84.7 Å². The number of methoxy groups -OCH3 is 2. The smallest absolute Gasteiger partial charge is 0.407 e. The van der Waals surface area contributed by atoms with Gasteiger partial charge in [0.15, 0.2) is 0 Å². The van der Waals surface area contributed by atoms with Gasteiger partial charge in [0.05, 0.1) is 62.0 Å². The second kappa shape index (κ2) is 21.6. The Balaban J connectivity index is 0.940. The first-order chi connectivity index (χ1) is 34.4. The van der Waals surface area contributed by atoms with Crippen LogP contribution in [0.2, 0.25) is 0 Å². The molecule has 9 rings (SSSR count). The summed E-state index contributed by atoms with van der Waals surface area (Å²) in [6.07, 6.45) is 25.0. The first-order valence-corrected chi connectivity index (χ1v) is 25.5. The Morgan fingerprint density at radius 1 is 0.676 bits per heavy atom. The number of aromatic amines is 2. The molecule has 7 heterocycles. The Labute approximate surface area is 416 Å². The number of allylic oxidation sites excluding steroid dienone is 8. The minimum Gasteiger partial charge on any atom is -0.453 e. The van der Waals surface area contributed by atoms with Crippen molar-refractivity contribution in [1.29, 1.82) is 0 Å². The third kappa shape index (κ3) is 10.5. The van der Waals surface area contributed by atoms with Crippen LogP contribution in [0.4, 0.5) is 15.4 Å². The number of carbonyl (C=O) groups excluding carboxylic acids is 4. The number of carbonyl (C=O) groups is 4. The molecular weight excluding hydrogens is 899 g/mol. The van der Waals surface area contributed by atoms with Crippen LogP contribution in [0.3, 0.4) is 0 Å². The number of amides is 4. The van der Waals surface area contributed by atoms with Gasteiger partial charge in [0.1, 0.15) is 29.6 Å². The molecule has 3 aliphatic heterocycles. The Morgan fingerprint density at radius 3 is 1.80 bits per heavy atom. The summed E-state index contributed by atoms with van der Waals surface area (Å²) in [5, 5.41) is 5.47. The van der Waals surface area contributed by atoms with Crippen LogP contribution in [0.15, 0.2) is 73.2 Å². The summed E-state index contributed by atoms with van der Waals surface area (Å²) in [5.74, 6) is 2.13. The first kappa shape index (κ1) is 49.1. The number of piperidine rings is 1. The lowest BCUT2D eigenvalue weighted by Gasteiger charge is -2.30. The lowest BCUT2D eigenvalue weighted by atomic mass is 9.92. The Morgan fingerprint density at radius 2 is 1.27 bits per heavy atom. The molecule has 0 radical (unpaired) electrons. The maximum absolute atomic E-state index is 13.8. The molecule has 0 saturated carbocycles. The highest BCUT2D eigenvalue weighted by atomic mass is 16.5. The molecule has 4 aromatic heterocycles. The zero-order chi connectivity index (χ0) is 49.8. The zero-order valence-corrected chi connectivity index (χ0v) is 41.9. The quantitative estimate of drug-likeness (QED) is 0.0949. The minimum atomic E-state index is -0.696. The number of ether oxygens (including phenoxy) is 2. The summed E-state index contributed by atoms with van der Waals surface area (Å²) in [6, 6.07) is 7.06. The molecule has 5 aliphatic rings. The number of hydrogen-bond donors (Lipinski definition) is 4. The van der Waals surface area contributed by atoms with Gasteiger partial charge in [-0.1, -0.05) is 58.1 Å². The number of rotatable bonds is 14. The lowest BCUT2D eigenvalue weighted by Crippen LogP contribution is -2.51. The number of aromatic nitrogens is 6. The van der Waals surface area contributed by atoms with E-state index in [9.17, 15) is 19.2 Å². The van der Waals surface area contributed by atoms with Crippen molar-refractivity contribution < 1.29 is 28.7 Å². The molecular formula is C54H69N11O6. The summed E-state index contributed by atoms with van der Waals surface area (Å²) in [7, 11) is 2.61. The van der Waals surface area contributed by atoms with Crippen molar-refractivity contribution in [3.05, 3.63) is 108 Å². The fraction of sp³-hybridized carbons (Fsp3) is 0.500. The fourth-order valence-electron chi connectivity index (χ4n) is 10.9. The van der Waals surface area contributed by atoms with Gasteiger partial charge in [0, 0.05) is 43.5 Å². The summed E-state index contributed by atoms with van der Waals surface area (Å²) < 4.78 is 12.0. The summed E-state index contributed by atoms with van der Waals surface area (Å²) >= 11 is 0. The van der Waals surface area contributed by atoms with Crippen LogP contribution in [-0.4, -0.2) is 116 Å². The zero-order valence-electron chi connectivity index (χ0n) is 41.9. The highest BCUT2D eigenvalue weighted by Gasteiger charge is 2.39. The maximum Gasteiger partial charge on any atom is 0.407 e. The SMILES string of the molecule is COC(=O)NC(C(=O)N1CCC[C@H]1c1ncc(C2=CC=C(c3ccc(C4C=CC(c5cnc([C@@H]6CCCN6C(=O)[C@@H](NC(=O)OC)C(C)C)[nH]5)=CC4)n3-c3ccc(N4CCCCC4)nc3)CC2)[nH]1)C(C)C. The average Bonchev–Trinajstić information content (AvgIpc) is 4.27. The predicted molar refractivity (Wildman–Crippen MR) is 272 cm³/mol. The van der Waals surface area contributed by atoms with E-state index in [4.69, 9.17) is 24.4 Å². The van der Waals surface area contributed by atoms with Crippen LogP contribution >= 0.6 is 0 Å². The molecule has 3 fully saturated rings. The van der Waals surface area contributed by atoms with Gasteiger partial charge in [0.25, 0.3) is 0 Å². The molecule has 376 valence electrons. The molecule has 4 N–H and O–H groups in total. The number of anilines is 1. The van der Waals surface area contributed by atoms with E-state index in [-0.39, 0.29) is 41.7 Å². The minimum absolute atomic E-state index is 0.0997. The molecule has 17 nitrogen and oxygen atoms in total. The van der Waals surface area contributed by atoms with Crippen molar-refractivity contribution in [3.63, 3.8) is 0 Å². The molecule has 3 saturated heterocycles. The number of nitrogens with zero attached hydrogens (tertiary/aromatic N) is 7. The summed E-state index contributed by atoms with van der Waals surface area (Å²) in [5.41, 5.74) is 8.60. The molecule has 2 unspecified atom stereocenters. The van der Waals surface area contributed by atoms with E-state index in [0.29, 0.717) is 13.1 Å². The number of alkyl carbamates (subject to hydrolysis) is 2. The summed E-state index contributed by atoms with van der Waals surface area (Å²) in [6.45, 7) is 10.9. The third-order valence-corrected chi connectivity index (χ3v) is 14.9. The standard InChI is InChI=1S/C54H69N11O6/c1-33(2)47(60-53(68)70-5)51(66)63-28-10-12-44(63)49-56-31-40(58-49)35-14-18-37(19-15-35)42-23-24-43(65(42)39-22-25-46(55-30-39)62-26-8-7-9-27-62)38-20-16-36(17-21-38)41-32-57-50(59-41)45-13-11-29-64(45)52(67)48(34(3)4)61-54(69)71-6/h14-16,18,20,22-25,30-34,37,44-45,47-48H,7-13,17,19,21,26-29H2,1-6H3,(H,56,58)(H,57,59)(H,60,68)(H,61,69)/t37?,44-,45-,47-,48?/m0/s1. The van der Waals surface area contributed by atoms with Crippen molar-refractivity contribution in [2.24, 2.45) is 11.8 Å². The molecule has 0 aromatic carbocycles. The Bertz CT molecular complexity index is 2700. The number of nitrogens with one attached hydrogen (secondary N) is 4. The number of imidazole rings is 2. The predicted octanol–water partition coefficient (Wildman–Crippen LogP) is 8.78. The van der Waals surface area contributed by atoms with Crippen LogP contribution in [0.25, 0.3) is 22.4 Å². The van der Waals surface area contributed by atoms with Crippen LogP contribution in [0.1, 0.15) is 144 Å². The highest BCUT2D eigenvalue weighted by Crippen LogP contribution is 2.40. The Kier molecular flexibility index (Phi) is 14.9. The topological polar surface area (TPSA) is 196 Å². The molecule has 4 amide bonds. The highest BCUT2D eigenvalue weighted by molar-refractivity contribution is 5.87. The van der Waals surface area contributed by atoms with E-state index < -0.39 is 24.3 Å². The van der Waals surface area contributed by atoms with Crippen LogP contribution in [0.5, 0.6) is 0 Å². The van der Waals surface area contributed by atoms with Gasteiger partial charge in [-0.3, -0.25) is 9.59 Å². The Hall–Kier alpha value is -6.91. The van der Waals surface area contributed by atoms with E-state index in [1.807, 2.05) is 56.1 Å². The van der Waals surface area contributed by atoms with Crippen molar-refractivity contribution in [2.75, 3.05) is 45.3 Å². The van der Waals surface area contributed by atoms with Gasteiger partial charge in [0.2, 0.25) is 11.8 Å². The van der Waals surface area contributed by atoms with Crippen molar-refractivity contribution in [3.8, 4) is 5.69 Å². The number of H-pyrrole nitrogens is 2. The summed E-state index contributed by atoms with van der Waals surface area (Å²) in [4.78, 5) is 79.6. The fourth-order valence-corrected chi connectivity index (χ4v) is 10.9. The van der Waals surface area contributed by atoms with Gasteiger partial charge in [-0.25, -0.2) is 24.5 Å². The third-order valence-electron chi connectivity index (χ3n) is 14.9. The van der Waals surface area contributed by atoms with Gasteiger partial charge >= 0.3 is 12.2 Å². The van der Waals surface area contributed by atoms with Gasteiger partial charge in [-0.2, -0.15) is 0 Å². The monoisotopic (exact) mass is 968 g/mol. The second-order valence-corrected chi connectivity index (χ2v) is 20.1. The second-order valence-electron chi connectivity index (χ2n) is 20.1. The first-order valence-electron chi connectivity index (χ1n) is 25.5. The molecule has 5 atom stereocenters. The van der Waals surface area contributed by atoms with Gasteiger partial charge in [-0.05, 0) is 117 Å². The van der Waals surface area contributed by atoms with Crippen molar-refractivity contribution >= 4 is 46.5 Å². The van der Waals surface area contributed by atoms with Crippen molar-refractivity contribution in [1.82, 2.24) is 49.9 Å². The van der Waals surface area contributed by atoms with Crippen LogP contribution in [-0.2, 0) is 19.1 Å². The normalized spacial score (nSPS) is 21.2. The maximum atomic E-state index is 13.8. The number of pyridine rings is 1. The average molecular weight is 968 g/mol. The van der Waals surface area contributed by atoms with Crippen LogP contribution in [0, 0.1) is 11.8 Å². The van der Waals surface area contributed by atoms with E-state index in [1.165, 1.54) is 44.7 Å². The molecule has 4 aromatic rings. The molecule has 71 heavy (non-hydrogen) atoms. The van der Waals surface area contributed by atoms with Gasteiger partial charge in [-0.15, -0.1) is 0 Å². The van der Waals surface area contributed by atoms with E-state index in [1.54, 1.807) is 0 Å².